The van der Waals surface area contributed by atoms with Gasteiger partial charge in [0, 0.05) is 10.1 Å². The minimum atomic E-state index is 0.565. The second kappa shape index (κ2) is 5.16. The van der Waals surface area contributed by atoms with Crippen molar-refractivity contribution in [3.8, 4) is 17.6 Å². The summed E-state index contributed by atoms with van der Waals surface area (Å²) >= 11 is 1.41. The highest BCUT2D eigenvalue weighted by Gasteiger charge is 2.13. The van der Waals surface area contributed by atoms with Gasteiger partial charge < -0.3 is 4.74 Å². The quantitative estimate of drug-likeness (QED) is 0.668. The number of hydrogen-bond donors (Lipinski definition) is 0. The Balaban J connectivity index is 2.05. The summed E-state index contributed by atoms with van der Waals surface area (Å²) < 4.78 is 6.84. The van der Waals surface area contributed by atoms with E-state index in [-0.39, 0.29) is 0 Å². The predicted molar refractivity (Wildman–Crippen MR) is 78.4 cm³/mol. The Morgan fingerprint density at radius 2 is 1.85 bits per heavy atom. The fourth-order valence-corrected chi connectivity index (χ4v) is 2.89. The van der Waals surface area contributed by atoms with Gasteiger partial charge in [-0.05, 0) is 36.4 Å². The molecule has 3 rings (SSSR count). The van der Waals surface area contributed by atoms with Crippen LogP contribution in [0.15, 0.2) is 48.5 Å². The third kappa shape index (κ3) is 2.15. The van der Waals surface area contributed by atoms with Gasteiger partial charge in [0.2, 0.25) is 0 Å². The van der Waals surface area contributed by atoms with Crippen LogP contribution in [0.25, 0.3) is 10.1 Å². The number of carbonyl (C=O) groups excluding carboxylic acids is 1. The summed E-state index contributed by atoms with van der Waals surface area (Å²) in [7, 11) is 0. The molecule has 0 fully saturated rings. The van der Waals surface area contributed by atoms with Gasteiger partial charge in [-0.2, -0.15) is 5.26 Å². The van der Waals surface area contributed by atoms with Crippen molar-refractivity contribution < 1.29 is 9.53 Å². The van der Waals surface area contributed by atoms with E-state index in [1.165, 1.54) is 11.3 Å². The molecule has 3 aromatic rings. The molecule has 0 unspecified atom stereocenters. The van der Waals surface area contributed by atoms with Crippen LogP contribution < -0.4 is 4.74 Å². The molecule has 0 radical (unpaired) electrons. The summed E-state index contributed by atoms with van der Waals surface area (Å²) in [4.78, 5) is 11.7. The SMILES string of the molecule is N#Cc1ccc(Oc2c(C=O)sc3ccccc23)cc1. The molecule has 0 aliphatic heterocycles. The Labute approximate surface area is 119 Å². The van der Waals surface area contributed by atoms with Crippen molar-refractivity contribution in [3.05, 3.63) is 59.0 Å². The molecule has 0 saturated heterocycles. The molecular weight excluding hydrogens is 270 g/mol. The van der Waals surface area contributed by atoms with Crippen molar-refractivity contribution in [3.63, 3.8) is 0 Å². The van der Waals surface area contributed by atoms with Crippen molar-refractivity contribution in [1.29, 1.82) is 5.26 Å². The Morgan fingerprint density at radius 3 is 2.55 bits per heavy atom. The Morgan fingerprint density at radius 1 is 1.10 bits per heavy atom. The molecule has 0 atom stereocenters. The van der Waals surface area contributed by atoms with E-state index in [1.807, 2.05) is 24.3 Å². The zero-order valence-corrected chi connectivity index (χ0v) is 11.2. The van der Waals surface area contributed by atoms with Gasteiger partial charge in [-0.3, -0.25) is 4.79 Å². The van der Waals surface area contributed by atoms with Gasteiger partial charge >= 0.3 is 0 Å². The molecule has 1 heterocycles. The Hall–Kier alpha value is -2.64. The number of nitriles is 1. The van der Waals surface area contributed by atoms with Crippen LogP contribution in [0.1, 0.15) is 15.2 Å². The number of rotatable bonds is 3. The lowest BCUT2D eigenvalue weighted by Crippen LogP contribution is -1.86. The highest BCUT2D eigenvalue weighted by molar-refractivity contribution is 7.21. The maximum absolute atomic E-state index is 11.2. The average molecular weight is 279 g/mol. The number of carbonyl (C=O) groups is 1. The monoisotopic (exact) mass is 279 g/mol. The smallest absolute Gasteiger partial charge is 0.163 e. The highest BCUT2D eigenvalue weighted by Crippen LogP contribution is 2.39. The van der Waals surface area contributed by atoms with Crippen molar-refractivity contribution in [2.75, 3.05) is 0 Å². The normalized spacial score (nSPS) is 10.2. The summed E-state index contributed by atoms with van der Waals surface area (Å²) in [5, 5.41) is 9.69. The number of aldehydes is 1. The molecular formula is C16H9NO2S. The summed E-state index contributed by atoms with van der Waals surface area (Å²) in [5.74, 6) is 1.18. The number of hydrogen-bond acceptors (Lipinski definition) is 4. The lowest BCUT2D eigenvalue weighted by Gasteiger charge is -2.05. The van der Waals surface area contributed by atoms with E-state index in [4.69, 9.17) is 10.00 Å². The van der Waals surface area contributed by atoms with Gasteiger partial charge in [-0.25, -0.2) is 0 Å². The van der Waals surface area contributed by atoms with E-state index in [1.54, 1.807) is 24.3 Å². The van der Waals surface area contributed by atoms with Crippen LogP contribution >= 0.6 is 11.3 Å². The van der Waals surface area contributed by atoms with Gasteiger partial charge in [-0.15, -0.1) is 11.3 Å². The molecule has 0 saturated carbocycles. The third-order valence-corrected chi connectivity index (χ3v) is 3.96. The molecule has 0 aliphatic carbocycles. The summed E-state index contributed by atoms with van der Waals surface area (Å²) in [6.45, 7) is 0. The maximum atomic E-state index is 11.2. The molecule has 2 aromatic carbocycles. The number of nitrogens with zero attached hydrogens (tertiary/aromatic N) is 1. The number of benzene rings is 2. The first-order chi connectivity index (χ1) is 9.81. The molecule has 1 aromatic heterocycles. The topological polar surface area (TPSA) is 50.1 Å². The first-order valence-electron chi connectivity index (χ1n) is 5.96. The van der Waals surface area contributed by atoms with Crippen molar-refractivity contribution in [2.45, 2.75) is 0 Å². The van der Waals surface area contributed by atoms with Crippen LogP contribution in [-0.2, 0) is 0 Å². The first kappa shape index (κ1) is 12.4. The van der Waals surface area contributed by atoms with Gasteiger partial charge in [0.1, 0.15) is 10.6 Å². The molecule has 96 valence electrons. The second-order valence-electron chi connectivity index (χ2n) is 4.15. The summed E-state index contributed by atoms with van der Waals surface area (Å²) in [6.07, 6.45) is 0.809. The number of thiophene rings is 1. The van der Waals surface area contributed by atoms with Crippen LogP contribution in [0.5, 0.6) is 11.5 Å². The molecule has 4 heteroatoms. The van der Waals surface area contributed by atoms with Crippen LogP contribution in [-0.4, -0.2) is 6.29 Å². The summed E-state index contributed by atoms with van der Waals surface area (Å²) in [6, 6.07) is 16.6. The Bertz CT molecular complexity index is 813. The minimum absolute atomic E-state index is 0.565. The van der Waals surface area contributed by atoms with Crippen LogP contribution in [0.3, 0.4) is 0 Å². The van der Waals surface area contributed by atoms with E-state index < -0.39 is 0 Å². The predicted octanol–water partition coefficient (Wildman–Crippen LogP) is 4.38. The molecule has 3 nitrogen and oxygen atoms in total. The zero-order valence-electron chi connectivity index (χ0n) is 10.4. The second-order valence-corrected chi connectivity index (χ2v) is 5.23. The average Bonchev–Trinajstić information content (AvgIpc) is 2.86. The lowest BCUT2D eigenvalue weighted by molar-refractivity contribution is 0.112. The molecule has 0 bridgehead atoms. The third-order valence-electron chi connectivity index (χ3n) is 2.89. The van der Waals surface area contributed by atoms with Gasteiger partial charge in [-0.1, -0.05) is 12.1 Å². The van der Waals surface area contributed by atoms with E-state index in [2.05, 4.69) is 6.07 Å². The van der Waals surface area contributed by atoms with Gasteiger partial charge in [0.25, 0.3) is 0 Å². The maximum Gasteiger partial charge on any atom is 0.163 e. The number of fused-ring (bicyclic) bond motifs is 1. The van der Waals surface area contributed by atoms with Crippen LogP contribution in [0.4, 0.5) is 0 Å². The standard InChI is InChI=1S/C16H9NO2S/c17-9-11-5-7-12(8-6-11)19-16-13-3-1-2-4-14(13)20-15(16)10-18/h1-8,10H. The fourth-order valence-electron chi connectivity index (χ4n) is 1.94. The molecule has 0 N–H and O–H groups in total. The molecule has 0 spiro atoms. The van der Waals surface area contributed by atoms with E-state index >= 15 is 0 Å². The minimum Gasteiger partial charge on any atom is -0.455 e. The lowest BCUT2D eigenvalue weighted by atomic mass is 10.2. The highest BCUT2D eigenvalue weighted by atomic mass is 32.1. The van der Waals surface area contributed by atoms with E-state index in [0.717, 1.165) is 16.4 Å². The molecule has 0 amide bonds. The largest absolute Gasteiger partial charge is 0.455 e. The van der Waals surface area contributed by atoms with Crippen molar-refractivity contribution >= 4 is 27.7 Å². The zero-order chi connectivity index (χ0) is 13.9. The van der Waals surface area contributed by atoms with E-state index in [9.17, 15) is 4.79 Å². The Kier molecular flexibility index (Phi) is 3.20. The van der Waals surface area contributed by atoms with Crippen LogP contribution in [0, 0.1) is 11.3 Å². The van der Waals surface area contributed by atoms with Crippen molar-refractivity contribution in [2.24, 2.45) is 0 Å². The van der Waals surface area contributed by atoms with E-state index in [0.29, 0.717) is 21.9 Å². The number of ether oxygens (including phenoxy) is 1. The van der Waals surface area contributed by atoms with Gasteiger partial charge in [0.05, 0.1) is 11.6 Å². The molecule has 0 aliphatic rings. The fraction of sp³-hybridized carbons (Fsp3) is 0. The first-order valence-corrected chi connectivity index (χ1v) is 6.78. The van der Waals surface area contributed by atoms with Gasteiger partial charge in [0.15, 0.2) is 12.0 Å². The summed E-state index contributed by atoms with van der Waals surface area (Å²) in [5.41, 5.74) is 0.572. The molecule has 20 heavy (non-hydrogen) atoms. The van der Waals surface area contributed by atoms with Crippen LogP contribution in [0.2, 0.25) is 0 Å². The van der Waals surface area contributed by atoms with Crippen molar-refractivity contribution in [1.82, 2.24) is 0 Å².